The van der Waals surface area contributed by atoms with E-state index >= 15 is 0 Å². The zero-order valence-corrected chi connectivity index (χ0v) is 14.1. The van der Waals surface area contributed by atoms with Crippen LogP contribution in [-0.4, -0.2) is 41.9 Å². The SMILES string of the molecule is Cc1cc(Nc2ccc3c(c2)C=NC3)nc(N2CCNCC2C)n1. The monoisotopic (exact) mass is 322 g/mol. The maximum atomic E-state index is 4.74. The predicted molar refractivity (Wildman–Crippen MR) is 97.5 cm³/mol. The zero-order valence-electron chi connectivity index (χ0n) is 14.1. The van der Waals surface area contributed by atoms with E-state index in [4.69, 9.17) is 4.98 Å². The molecular weight excluding hydrogens is 300 g/mol. The molecular formula is C18H22N6. The fourth-order valence-electron chi connectivity index (χ4n) is 3.21. The summed E-state index contributed by atoms with van der Waals surface area (Å²) >= 11 is 0. The van der Waals surface area contributed by atoms with E-state index in [1.54, 1.807) is 0 Å². The van der Waals surface area contributed by atoms with E-state index in [-0.39, 0.29) is 0 Å². The standard InChI is InChI=1S/C18H22N6/c1-12-7-17(22-16-4-3-14-10-20-11-15(14)8-16)23-18(21-12)24-6-5-19-9-13(24)2/h3-4,7-8,11,13,19H,5-6,9-10H2,1-2H3,(H,21,22,23). The molecule has 6 heteroatoms. The Hall–Kier alpha value is -2.47. The van der Waals surface area contributed by atoms with Crippen LogP contribution in [0.3, 0.4) is 0 Å². The number of hydrogen-bond acceptors (Lipinski definition) is 6. The Bertz CT molecular complexity index is 785. The minimum atomic E-state index is 0.393. The summed E-state index contributed by atoms with van der Waals surface area (Å²) in [5.74, 6) is 1.63. The smallest absolute Gasteiger partial charge is 0.227 e. The largest absolute Gasteiger partial charge is 0.340 e. The first-order valence-electron chi connectivity index (χ1n) is 8.42. The van der Waals surface area contributed by atoms with Crippen molar-refractivity contribution in [3.63, 3.8) is 0 Å². The number of rotatable bonds is 3. The van der Waals surface area contributed by atoms with Crippen LogP contribution in [0.5, 0.6) is 0 Å². The molecule has 0 bridgehead atoms. The lowest BCUT2D eigenvalue weighted by atomic mass is 10.1. The molecule has 0 aliphatic carbocycles. The van der Waals surface area contributed by atoms with E-state index in [2.05, 4.69) is 50.6 Å². The van der Waals surface area contributed by atoms with Crippen molar-refractivity contribution in [1.29, 1.82) is 0 Å². The van der Waals surface area contributed by atoms with Gasteiger partial charge in [0.1, 0.15) is 5.82 Å². The lowest BCUT2D eigenvalue weighted by molar-refractivity contribution is 0.493. The van der Waals surface area contributed by atoms with Crippen LogP contribution >= 0.6 is 0 Å². The summed E-state index contributed by atoms with van der Waals surface area (Å²) in [6, 6.07) is 8.70. The molecule has 24 heavy (non-hydrogen) atoms. The third-order valence-corrected chi connectivity index (χ3v) is 4.51. The Balaban J connectivity index is 1.60. The van der Waals surface area contributed by atoms with Crippen LogP contribution in [-0.2, 0) is 6.54 Å². The Kier molecular flexibility index (Phi) is 3.90. The minimum absolute atomic E-state index is 0.393. The summed E-state index contributed by atoms with van der Waals surface area (Å²) in [6.45, 7) is 7.86. The van der Waals surface area contributed by atoms with Gasteiger partial charge in [-0.15, -0.1) is 0 Å². The summed E-state index contributed by atoms with van der Waals surface area (Å²) in [6.07, 6.45) is 1.93. The summed E-state index contributed by atoms with van der Waals surface area (Å²) in [4.78, 5) is 15.9. The van der Waals surface area contributed by atoms with Gasteiger partial charge in [-0.05, 0) is 37.1 Å². The molecule has 1 aromatic carbocycles. The number of nitrogens with zero attached hydrogens (tertiary/aromatic N) is 4. The van der Waals surface area contributed by atoms with Crippen LogP contribution in [0.1, 0.15) is 23.7 Å². The molecule has 4 rings (SSSR count). The van der Waals surface area contributed by atoms with Crippen molar-refractivity contribution < 1.29 is 0 Å². The van der Waals surface area contributed by atoms with Crippen LogP contribution in [0, 0.1) is 6.92 Å². The number of hydrogen-bond donors (Lipinski definition) is 2. The van der Waals surface area contributed by atoms with Crippen molar-refractivity contribution in [2.75, 3.05) is 29.9 Å². The van der Waals surface area contributed by atoms with E-state index in [0.717, 1.165) is 49.3 Å². The Morgan fingerprint density at radius 2 is 2.17 bits per heavy atom. The van der Waals surface area contributed by atoms with Crippen LogP contribution in [0.25, 0.3) is 0 Å². The number of anilines is 3. The second kappa shape index (κ2) is 6.20. The Labute approximate surface area is 142 Å². The van der Waals surface area contributed by atoms with Gasteiger partial charge >= 0.3 is 0 Å². The summed E-state index contributed by atoms with van der Waals surface area (Å²) in [5, 5.41) is 6.82. The molecule has 0 amide bonds. The number of aromatic nitrogens is 2. The van der Waals surface area contributed by atoms with Gasteiger partial charge in [0.15, 0.2) is 0 Å². The van der Waals surface area contributed by atoms with Gasteiger partial charge in [-0.3, -0.25) is 4.99 Å². The van der Waals surface area contributed by atoms with Gasteiger partial charge < -0.3 is 15.5 Å². The van der Waals surface area contributed by atoms with Gasteiger partial charge in [0.25, 0.3) is 0 Å². The maximum absolute atomic E-state index is 4.74. The van der Waals surface area contributed by atoms with Gasteiger partial charge in [-0.25, -0.2) is 4.98 Å². The van der Waals surface area contributed by atoms with E-state index in [9.17, 15) is 0 Å². The molecule has 1 atom stereocenters. The summed E-state index contributed by atoms with van der Waals surface area (Å²) < 4.78 is 0. The highest BCUT2D eigenvalue weighted by atomic mass is 15.3. The lowest BCUT2D eigenvalue weighted by Crippen LogP contribution is -2.50. The topological polar surface area (TPSA) is 65.4 Å². The highest BCUT2D eigenvalue weighted by molar-refractivity contribution is 5.86. The number of piperazine rings is 1. The van der Waals surface area contributed by atoms with Crippen molar-refractivity contribution in [2.45, 2.75) is 26.4 Å². The Morgan fingerprint density at radius 3 is 3.04 bits per heavy atom. The van der Waals surface area contributed by atoms with Gasteiger partial charge in [0.2, 0.25) is 5.95 Å². The molecule has 1 aromatic heterocycles. The molecule has 0 radical (unpaired) electrons. The van der Waals surface area contributed by atoms with E-state index < -0.39 is 0 Å². The Morgan fingerprint density at radius 1 is 1.25 bits per heavy atom. The summed E-state index contributed by atoms with van der Waals surface area (Å²) in [7, 11) is 0. The molecule has 0 spiro atoms. The van der Waals surface area contributed by atoms with Crippen LogP contribution in [0.4, 0.5) is 17.5 Å². The molecule has 0 saturated carbocycles. The maximum Gasteiger partial charge on any atom is 0.227 e. The molecule has 1 fully saturated rings. The molecule has 124 valence electrons. The van der Waals surface area contributed by atoms with Gasteiger partial charge in [-0.1, -0.05) is 6.07 Å². The first-order valence-corrected chi connectivity index (χ1v) is 8.42. The number of fused-ring (bicyclic) bond motifs is 1. The van der Waals surface area contributed by atoms with Gasteiger partial charge in [0.05, 0.1) is 6.54 Å². The highest BCUT2D eigenvalue weighted by Gasteiger charge is 2.21. The fourth-order valence-corrected chi connectivity index (χ4v) is 3.21. The third kappa shape index (κ3) is 2.97. The number of nitrogens with one attached hydrogen (secondary N) is 2. The predicted octanol–water partition coefficient (Wildman–Crippen LogP) is 2.26. The normalized spacial score (nSPS) is 19.4. The van der Waals surface area contributed by atoms with Gasteiger partial charge in [0, 0.05) is 49.3 Å². The van der Waals surface area contributed by atoms with E-state index in [1.165, 1.54) is 11.1 Å². The molecule has 2 aliphatic heterocycles. The average molecular weight is 322 g/mol. The highest BCUT2D eigenvalue weighted by Crippen LogP contribution is 2.23. The zero-order chi connectivity index (χ0) is 16.5. The van der Waals surface area contributed by atoms with Crippen molar-refractivity contribution >= 4 is 23.7 Å². The average Bonchev–Trinajstić information content (AvgIpc) is 3.02. The van der Waals surface area contributed by atoms with Crippen molar-refractivity contribution in [3.8, 4) is 0 Å². The first-order chi connectivity index (χ1) is 11.7. The molecule has 2 aliphatic rings. The van der Waals surface area contributed by atoms with Crippen molar-refractivity contribution in [2.24, 2.45) is 4.99 Å². The lowest BCUT2D eigenvalue weighted by Gasteiger charge is -2.34. The molecule has 1 saturated heterocycles. The van der Waals surface area contributed by atoms with Crippen molar-refractivity contribution in [3.05, 3.63) is 41.1 Å². The van der Waals surface area contributed by atoms with E-state index in [0.29, 0.717) is 6.04 Å². The number of benzene rings is 1. The molecule has 1 unspecified atom stereocenters. The van der Waals surface area contributed by atoms with Gasteiger partial charge in [-0.2, -0.15) is 4.98 Å². The van der Waals surface area contributed by atoms with Crippen LogP contribution < -0.4 is 15.5 Å². The van der Waals surface area contributed by atoms with Crippen molar-refractivity contribution in [1.82, 2.24) is 15.3 Å². The quantitative estimate of drug-likeness (QED) is 0.907. The molecule has 6 nitrogen and oxygen atoms in total. The summed E-state index contributed by atoms with van der Waals surface area (Å²) in [5.41, 5.74) is 4.45. The fraction of sp³-hybridized carbons (Fsp3) is 0.389. The molecule has 2 N–H and O–H groups in total. The van der Waals surface area contributed by atoms with Crippen LogP contribution in [0.15, 0.2) is 29.3 Å². The van der Waals surface area contributed by atoms with E-state index in [1.807, 2.05) is 19.2 Å². The molecule has 2 aromatic rings. The second-order valence-electron chi connectivity index (χ2n) is 6.45. The first kappa shape index (κ1) is 15.1. The second-order valence-corrected chi connectivity index (χ2v) is 6.45. The molecule has 3 heterocycles. The minimum Gasteiger partial charge on any atom is -0.340 e. The number of aryl methyl sites for hydroxylation is 1. The number of aliphatic imine (C=N–C) groups is 1. The van der Waals surface area contributed by atoms with Crippen LogP contribution in [0.2, 0.25) is 0 Å². The third-order valence-electron chi connectivity index (χ3n) is 4.51.